The average Bonchev–Trinajstić information content (AvgIpc) is 3.08. The van der Waals surface area contributed by atoms with Crippen LogP contribution in [-0.4, -0.2) is 23.1 Å². The van der Waals surface area contributed by atoms with Crippen LogP contribution in [0, 0.1) is 6.92 Å². The van der Waals surface area contributed by atoms with Crippen molar-refractivity contribution in [2.45, 2.75) is 38.6 Å². The van der Waals surface area contributed by atoms with Gasteiger partial charge in [0.15, 0.2) is 5.96 Å². The Balaban J connectivity index is 0.00000225. The fourth-order valence-electron chi connectivity index (χ4n) is 3.75. The summed E-state index contributed by atoms with van der Waals surface area (Å²) in [7, 11) is 0. The molecule has 1 heterocycles. The first kappa shape index (κ1) is 20.6. The third-order valence-electron chi connectivity index (χ3n) is 5.33. The molecule has 1 fully saturated rings. The van der Waals surface area contributed by atoms with E-state index in [1.165, 1.54) is 21.9 Å². The molecule has 0 aliphatic carbocycles. The highest BCUT2D eigenvalue weighted by atomic mass is 127. The van der Waals surface area contributed by atoms with Crippen LogP contribution in [0.2, 0.25) is 0 Å². The minimum atomic E-state index is -0.582. The van der Waals surface area contributed by atoms with Crippen molar-refractivity contribution >= 4 is 40.7 Å². The maximum absolute atomic E-state index is 10.7. The zero-order chi connectivity index (χ0) is 18.8. The first-order chi connectivity index (χ1) is 13.1. The van der Waals surface area contributed by atoms with E-state index < -0.39 is 6.10 Å². The maximum Gasteiger partial charge on any atom is 0.192 e. The molecule has 5 heteroatoms. The SMILES string of the molecule is Cc1ccc(CN=C2NC(C)C(C(O)c3ccccc3)N2)c2ccccc12.I. The number of aryl methyl sites for hydroxylation is 1. The highest BCUT2D eigenvalue weighted by molar-refractivity contribution is 14.0. The van der Waals surface area contributed by atoms with Gasteiger partial charge in [-0.3, -0.25) is 0 Å². The summed E-state index contributed by atoms with van der Waals surface area (Å²) in [6.45, 7) is 4.79. The van der Waals surface area contributed by atoms with E-state index in [2.05, 4.69) is 60.9 Å². The fraction of sp³-hybridized carbons (Fsp3) is 0.261. The molecule has 1 saturated heterocycles. The maximum atomic E-state index is 10.7. The molecule has 0 aromatic heterocycles. The number of hydrogen-bond donors (Lipinski definition) is 3. The van der Waals surface area contributed by atoms with Gasteiger partial charge in [0.2, 0.25) is 0 Å². The fourth-order valence-corrected chi connectivity index (χ4v) is 3.75. The monoisotopic (exact) mass is 487 g/mol. The van der Waals surface area contributed by atoms with Gasteiger partial charge < -0.3 is 15.7 Å². The van der Waals surface area contributed by atoms with E-state index in [1.807, 2.05) is 30.3 Å². The summed E-state index contributed by atoms with van der Waals surface area (Å²) in [5.41, 5.74) is 3.39. The van der Waals surface area contributed by atoms with E-state index in [9.17, 15) is 5.11 Å². The quantitative estimate of drug-likeness (QED) is 0.481. The van der Waals surface area contributed by atoms with E-state index in [-0.39, 0.29) is 36.1 Å². The van der Waals surface area contributed by atoms with Gasteiger partial charge >= 0.3 is 0 Å². The topological polar surface area (TPSA) is 56.7 Å². The lowest BCUT2D eigenvalue weighted by atomic mass is 9.98. The molecule has 4 nitrogen and oxygen atoms in total. The van der Waals surface area contributed by atoms with E-state index >= 15 is 0 Å². The second-order valence-electron chi connectivity index (χ2n) is 7.21. The van der Waals surface area contributed by atoms with Crippen molar-refractivity contribution < 1.29 is 5.11 Å². The van der Waals surface area contributed by atoms with Crippen LogP contribution < -0.4 is 10.6 Å². The highest BCUT2D eigenvalue weighted by Crippen LogP contribution is 2.24. The molecule has 3 aromatic carbocycles. The van der Waals surface area contributed by atoms with Crippen molar-refractivity contribution in [1.29, 1.82) is 0 Å². The Morgan fingerprint density at radius 3 is 2.36 bits per heavy atom. The number of halogens is 1. The minimum absolute atomic E-state index is 0. The van der Waals surface area contributed by atoms with Gasteiger partial charge in [0.25, 0.3) is 0 Å². The second kappa shape index (κ2) is 8.92. The molecule has 0 bridgehead atoms. The summed E-state index contributed by atoms with van der Waals surface area (Å²) in [5, 5.41) is 19.9. The molecule has 0 radical (unpaired) electrons. The summed E-state index contributed by atoms with van der Waals surface area (Å²) in [4.78, 5) is 4.73. The van der Waals surface area contributed by atoms with Crippen LogP contribution in [0.1, 0.15) is 29.7 Å². The van der Waals surface area contributed by atoms with Gasteiger partial charge in [-0.25, -0.2) is 4.99 Å². The first-order valence-corrected chi connectivity index (χ1v) is 9.41. The van der Waals surface area contributed by atoms with Crippen LogP contribution in [0.25, 0.3) is 10.8 Å². The first-order valence-electron chi connectivity index (χ1n) is 9.41. The Morgan fingerprint density at radius 2 is 1.61 bits per heavy atom. The zero-order valence-corrected chi connectivity index (χ0v) is 18.4. The molecule has 0 saturated carbocycles. The Kier molecular flexibility index (Phi) is 6.57. The zero-order valence-electron chi connectivity index (χ0n) is 16.1. The molecule has 3 N–H and O–H groups in total. The van der Waals surface area contributed by atoms with Crippen molar-refractivity contribution in [3.8, 4) is 0 Å². The number of benzene rings is 3. The van der Waals surface area contributed by atoms with Gasteiger partial charge in [0.1, 0.15) is 6.10 Å². The molecule has 4 rings (SSSR count). The van der Waals surface area contributed by atoms with Gasteiger partial charge in [-0.15, -0.1) is 24.0 Å². The Bertz CT molecular complexity index is 974. The van der Waals surface area contributed by atoms with Crippen LogP contribution in [0.5, 0.6) is 0 Å². The van der Waals surface area contributed by atoms with Crippen LogP contribution in [0.3, 0.4) is 0 Å². The standard InChI is InChI=1S/C23H25N3O.HI/c1-15-12-13-18(20-11-7-6-10-19(15)20)14-24-23-25-16(2)21(26-23)22(27)17-8-4-3-5-9-17;/h3-13,16,21-22,27H,14H2,1-2H3,(H2,24,25,26);1H. The van der Waals surface area contributed by atoms with E-state index in [1.54, 1.807) is 0 Å². The lowest BCUT2D eigenvalue weighted by Gasteiger charge is -2.21. The summed E-state index contributed by atoms with van der Waals surface area (Å²) in [5.74, 6) is 0.743. The van der Waals surface area contributed by atoms with E-state index in [0.29, 0.717) is 6.54 Å². The predicted molar refractivity (Wildman–Crippen MR) is 126 cm³/mol. The third kappa shape index (κ3) is 4.15. The summed E-state index contributed by atoms with van der Waals surface area (Å²) >= 11 is 0. The molecule has 1 aliphatic rings. The number of hydrogen-bond acceptors (Lipinski definition) is 2. The minimum Gasteiger partial charge on any atom is -0.386 e. The third-order valence-corrected chi connectivity index (χ3v) is 5.33. The number of aliphatic hydroxyl groups excluding tert-OH is 1. The van der Waals surface area contributed by atoms with Crippen molar-refractivity contribution in [2.24, 2.45) is 4.99 Å². The van der Waals surface area contributed by atoms with Gasteiger partial charge in [-0.2, -0.15) is 0 Å². The average molecular weight is 487 g/mol. The van der Waals surface area contributed by atoms with Crippen LogP contribution in [0.15, 0.2) is 71.7 Å². The molecule has 146 valence electrons. The number of nitrogens with one attached hydrogen (secondary N) is 2. The molecular formula is C23H26IN3O. The van der Waals surface area contributed by atoms with Crippen LogP contribution in [0.4, 0.5) is 0 Å². The predicted octanol–water partition coefficient (Wildman–Crippen LogP) is 4.31. The Labute approximate surface area is 183 Å². The smallest absolute Gasteiger partial charge is 0.192 e. The van der Waals surface area contributed by atoms with Crippen molar-refractivity contribution in [3.63, 3.8) is 0 Å². The van der Waals surface area contributed by atoms with Crippen molar-refractivity contribution in [1.82, 2.24) is 10.6 Å². The van der Waals surface area contributed by atoms with E-state index in [4.69, 9.17) is 4.99 Å². The molecule has 3 aromatic rings. The number of nitrogens with zero attached hydrogens (tertiary/aromatic N) is 1. The number of guanidine groups is 1. The Morgan fingerprint density at radius 1 is 0.929 bits per heavy atom. The summed E-state index contributed by atoms with van der Waals surface area (Å²) in [6, 6.07) is 22.5. The van der Waals surface area contributed by atoms with Gasteiger partial charge in [-0.1, -0.05) is 66.7 Å². The molecule has 1 aliphatic heterocycles. The number of fused-ring (bicyclic) bond motifs is 1. The lowest BCUT2D eigenvalue weighted by molar-refractivity contribution is 0.132. The molecule has 3 unspecified atom stereocenters. The van der Waals surface area contributed by atoms with Crippen molar-refractivity contribution in [2.75, 3.05) is 0 Å². The van der Waals surface area contributed by atoms with E-state index in [0.717, 1.165) is 11.5 Å². The molecule has 0 amide bonds. The van der Waals surface area contributed by atoms with Crippen LogP contribution >= 0.6 is 24.0 Å². The van der Waals surface area contributed by atoms with Gasteiger partial charge in [0.05, 0.1) is 12.6 Å². The molecule has 0 spiro atoms. The summed E-state index contributed by atoms with van der Waals surface area (Å²) in [6.07, 6.45) is -0.582. The highest BCUT2D eigenvalue weighted by Gasteiger charge is 2.33. The number of aliphatic imine (C=N–C) groups is 1. The molecular weight excluding hydrogens is 461 g/mol. The number of aliphatic hydroxyl groups is 1. The summed E-state index contributed by atoms with van der Waals surface area (Å²) < 4.78 is 0. The largest absolute Gasteiger partial charge is 0.386 e. The molecule has 28 heavy (non-hydrogen) atoms. The van der Waals surface area contributed by atoms with Crippen LogP contribution in [-0.2, 0) is 6.54 Å². The van der Waals surface area contributed by atoms with Gasteiger partial charge in [0, 0.05) is 6.04 Å². The lowest BCUT2D eigenvalue weighted by Crippen LogP contribution is -2.37. The number of rotatable bonds is 4. The van der Waals surface area contributed by atoms with Crippen molar-refractivity contribution in [3.05, 3.63) is 83.4 Å². The normalized spacial score (nSPS) is 21.0. The molecule has 3 atom stereocenters. The Hall–Kier alpha value is -2.12. The second-order valence-corrected chi connectivity index (χ2v) is 7.21. The van der Waals surface area contributed by atoms with Gasteiger partial charge in [-0.05, 0) is 41.3 Å².